The van der Waals surface area contributed by atoms with Gasteiger partial charge in [0.2, 0.25) is 0 Å². The van der Waals surface area contributed by atoms with Crippen LogP contribution in [0.3, 0.4) is 0 Å². The van der Waals surface area contributed by atoms with Gasteiger partial charge in [0.05, 0.1) is 10.7 Å². The Hall–Kier alpha value is -0.410. The minimum Gasteiger partial charge on any atom is -0.314 e. The van der Waals surface area contributed by atoms with Gasteiger partial charge >= 0.3 is 0 Å². The zero-order chi connectivity index (χ0) is 14.7. The molecule has 0 aliphatic heterocycles. The molecule has 0 aromatic carbocycles. The van der Waals surface area contributed by atoms with Crippen LogP contribution in [0.2, 0.25) is 0 Å². The van der Waals surface area contributed by atoms with Gasteiger partial charge in [-0.05, 0) is 32.1 Å². The van der Waals surface area contributed by atoms with Crippen molar-refractivity contribution in [2.75, 3.05) is 6.54 Å². The van der Waals surface area contributed by atoms with Crippen LogP contribution in [0.4, 0.5) is 0 Å². The molecule has 1 saturated carbocycles. The predicted molar refractivity (Wildman–Crippen MR) is 91.4 cm³/mol. The van der Waals surface area contributed by atoms with E-state index in [-0.39, 0.29) is 0 Å². The van der Waals surface area contributed by atoms with Gasteiger partial charge in [-0.15, -0.1) is 11.3 Å². The summed E-state index contributed by atoms with van der Waals surface area (Å²) in [5, 5.41) is 5.09. The number of rotatable bonds is 4. The fraction of sp³-hybridized carbons (Fsp3) is 0.833. The van der Waals surface area contributed by atoms with Gasteiger partial charge in [-0.25, -0.2) is 4.98 Å². The maximum atomic E-state index is 5.15. The van der Waals surface area contributed by atoms with E-state index in [2.05, 4.69) is 30.5 Å². The van der Waals surface area contributed by atoms with E-state index >= 15 is 0 Å². The maximum absolute atomic E-state index is 5.15. The molecule has 2 aliphatic rings. The molecule has 0 radical (unpaired) electrons. The van der Waals surface area contributed by atoms with Gasteiger partial charge in [0.1, 0.15) is 0 Å². The summed E-state index contributed by atoms with van der Waals surface area (Å²) in [4.78, 5) is 6.76. The molecule has 1 aromatic rings. The second-order valence-corrected chi connectivity index (χ2v) is 8.32. The van der Waals surface area contributed by atoms with Crippen molar-refractivity contribution in [2.45, 2.75) is 89.5 Å². The second-order valence-electron chi connectivity index (χ2n) is 7.20. The molecule has 0 amide bonds. The third-order valence-corrected chi connectivity index (χ3v) is 6.36. The van der Waals surface area contributed by atoms with E-state index in [1.165, 1.54) is 68.5 Å². The molecule has 1 unspecified atom stereocenters. The highest BCUT2D eigenvalue weighted by Gasteiger charge is 2.27. The highest BCUT2D eigenvalue weighted by Crippen LogP contribution is 2.40. The van der Waals surface area contributed by atoms with Gasteiger partial charge in [0.25, 0.3) is 0 Å². The number of nitrogens with zero attached hydrogens (tertiary/aromatic N) is 1. The molecule has 118 valence electrons. The van der Waals surface area contributed by atoms with E-state index in [9.17, 15) is 0 Å². The van der Waals surface area contributed by atoms with E-state index in [0.29, 0.717) is 12.0 Å². The van der Waals surface area contributed by atoms with Crippen LogP contribution in [0.15, 0.2) is 0 Å². The Morgan fingerprint density at radius 1 is 1.10 bits per heavy atom. The molecule has 2 aliphatic carbocycles. The third kappa shape index (κ3) is 3.87. The normalized spacial score (nSPS) is 24.0. The number of thiazole rings is 1. The Bertz CT molecular complexity index is 444. The lowest BCUT2D eigenvalue weighted by Crippen LogP contribution is -2.29. The Kier molecular flexibility index (Phi) is 5.33. The van der Waals surface area contributed by atoms with Crippen molar-refractivity contribution < 1.29 is 0 Å². The van der Waals surface area contributed by atoms with E-state index in [0.717, 1.165) is 12.5 Å². The van der Waals surface area contributed by atoms with Crippen molar-refractivity contribution in [3.05, 3.63) is 15.6 Å². The molecule has 0 saturated heterocycles. The summed E-state index contributed by atoms with van der Waals surface area (Å²) in [6.07, 6.45) is 12.4. The number of hydrogen-bond donors (Lipinski definition) is 1. The largest absolute Gasteiger partial charge is 0.314 e. The van der Waals surface area contributed by atoms with Crippen LogP contribution in [0, 0.1) is 0 Å². The number of hydrogen-bond acceptors (Lipinski definition) is 3. The van der Waals surface area contributed by atoms with Crippen LogP contribution in [-0.4, -0.2) is 17.6 Å². The molecule has 0 bridgehead atoms. The summed E-state index contributed by atoms with van der Waals surface area (Å²) in [6, 6.07) is 0.579. The van der Waals surface area contributed by atoms with Crippen LogP contribution in [-0.2, 0) is 6.42 Å². The van der Waals surface area contributed by atoms with E-state index in [1.54, 1.807) is 4.88 Å². The van der Waals surface area contributed by atoms with E-state index < -0.39 is 0 Å². The first-order chi connectivity index (χ1) is 10.2. The molecule has 3 heteroatoms. The number of aromatic nitrogens is 1. The van der Waals surface area contributed by atoms with E-state index in [1.807, 2.05) is 0 Å². The highest BCUT2D eigenvalue weighted by atomic mass is 32.1. The Morgan fingerprint density at radius 2 is 1.86 bits per heavy atom. The van der Waals surface area contributed by atoms with Crippen LogP contribution in [0.5, 0.6) is 0 Å². The Labute approximate surface area is 133 Å². The smallest absolute Gasteiger partial charge is 0.0962 e. The third-order valence-electron chi connectivity index (χ3n) is 5.06. The first-order valence-electron chi connectivity index (χ1n) is 8.97. The first-order valence-corrected chi connectivity index (χ1v) is 9.78. The Morgan fingerprint density at radius 3 is 2.57 bits per heavy atom. The summed E-state index contributed by atoms with van der Waals surface area (Å²) in [5.41, 5.74) is 1.46. The van der Waals surface area contributed by atoms with Gasteiger partial charge in [0.15, 0.2) is 0 Å². The summed E-state index contributed by atoms with van der Waals surface area (Å²) in [7, 11) is 0. The molecule has 1 fully saturated rings. The van der Waals surface area contributed by atoms with Crippen molar-refractivity contribution in [3.8, 4) is 0 Å². The summed E-state index contributed by atoms with van der Waals surface area (Å²) in [6.45, 7) is 5.59. The molecule has 1 N–H and O–H groups in total. The summed E-state index contributed by atoms with van der Waals surface area (Å²) < 4.78 is 0. The van der Waals surface area contributed by atoms with Crippen LogP contribution in [0.1, 0.15) is 92.6 Å². The second kappa shape index (κ2) is 7.23. The highest BCUT2D eigenvalue weighted by molar-refractivity contribution is 7.11. The van der Waals surface area contributed by atoms with Crippen LogP contribution < -0.4 is 5.32 Å². The number of nitrogens with one attached hydrogen (secondary N) is 1. The van der Waals surface area contributed by atoms with Crippen LogP contribution in [0.25, 0.3) is 0 Å². The van der Waals surface area contributed by atoms with Crippen molar-refractivity contribution in [2.24, 2.45) is 0 Å². The van der Waals surface area contributed by atoms with Crippen molar-refractivity contribution in [3.63, 3.8) is 0 Å². The number of aryl methyl sites for hydroxylation is 1. The lowest BCUT2D eigenvalue weighted by molar-refractivity contribution is 0.472. The fourth-order valence-corrected chi connectivity index (χ4v) is 5.17. The minimum absolute atomic E-state index is 0.579. The zero-order valence-electron chi connectivity index (χ0n) is 13.7. The van der Waals surface area contributed by atoms with Gasteiger partial charge in [-0.1, -0.05) is 39.5 Å². The molecule has 0 spiro atoms. The van der Waals surface area contributed by atoms with Crippen molar-refractivity contribution >= 4 is 11.3 Å². The molecular weight excluding hydrogens is 276 g/mol. The predicted octanol–water partition coefficient (Wildman–Crippen LogP) is 5.00. The van der Waals surface area contributed by atoms with Gasteiger partial charge in [-0.3, -0.25) is 0 Å². The summed E-state index contributed by atoms with van der Waals surface area (Å²) >= 11 is 2.05. The van der Waals surface area contributed by atoms with Crippen LogP contribution >= 0.6 is 11.3 Å². The number of fused-ring (bicyclic) bond motifs is 1. The van der Waals surface area contributed by atoms with E-state index in [4.69, 9.17) is 4.98 Å². The van der Waals surface area contributed by atoms with Gasteiger partial charge in [-0.2, -0.15) is 0 Å². The van der Waals surface area contributed by atoms with Crippen molar-refractivity contribution in [1.82, 2.24) is 10.3 Å². The fourth-order valence-electron chi connectivity index (χ4n) is 3.80. The Balaban J connectivity index is 1.73. The SMILES string of the molecule is CC(C)NCC1CCCc2sc(C3CCCCCC3)nc21. The molecule has 1 heterocycles. The van der Waals surface area contributed by atoms with Crippen molar-refractivity contribution in [1.29, 1.82) is 0 Å². The topological polar surface area (TPSA) is 24.9 Å². The summed E-state index contributed by atoms with van der Waals surface area (Å²) in [5.74, 6) is 1.42. The molecule has 1 aromatic heterocycles. The molecule has 1 atom stereocenters. The van der Waals surface area contributed by atoms with Gasteiger partial charge < -0.3 is 5.32 Å². The quantitative estimate of drug-likeness (QED) is 0.792. The first kappa shape index (κ1) is 15.5. The molecule has 21 heavy (non-hydrogen) atoms. The molecule has 3 rings (SSSR count). The average Bonchev–Trinajstić information content (AvgIpc) is 2.72. The zero-order valence-corrected chi connectivity index (χ0v) is 14.5. The standard InChI is InChI=1S/C18H30N2S/c1-13(2)19-12-15-10-7-11-16-17(15)20-18(21-16)14-8-5-3-4-6-9-14/h13-15,19H,3-12H2,1-2H3. The lowest BCUT2D eigenvalue weighted by atomic mass is 9.90. The molecular formula is C18H30N2S. The monoisotopic (exact) mass is 306 g/mol. The molecule has 2 nitrogen and oxygen atoms in total. The maximum Gasteiger partial charge on any atom is 0.0962 e. The average molecular weight is 307 g/mol. The van der Waals surface area contributed by atoms with Gasteiger partial charge in [0, 0.05) is 29.3 Å². The lowest BCUT2D eigenvalue weighted by Gasteiger charge is -2.22. The minimum atomic E-state index is 0.579.